The predicted molar refractivity (Wildman–Crippen MR) is 87.0 cm³/mol. The molecule has 0 radical (unpaired) electrons. The van der Waals surface area contributed by atoms with E-state index in [4.69, 9.17) is 0 Å². The molecule has 0 aliphatic heterocycles. The highest BCUT2D eigenvalue weighted by Gasteiger charge is 2.17. The zero-order valence-corrected chi connectivity index (χ0v) is 14.5. The molecular weight excluding hydrogens is 333 g/mol. The number of hydrogen-bond donors (Lipinski definition) is 1. The molecule has 0 fully saturated rings. The standard InChI is InChI=1S/C16H21BrFN3/c1-5-19-10(2)16-11(3)20-21(12(16)4)9-13-8-14(17)6-7-15(13)18/h6-8,10,19H,5,9H2,1-4H3. The number of hydrogen-bond acceptors (Lipinski definition) is 2. The van der Waals surface area contributed by atoms with Gasteiger partial charge in [-0.1, -0.05) is 22.9 Å². The lowest BCUT2D eigenvalue weighted by Crippen LogP contribution is -2.19. The number of aryl methyl sites for hydroxylation is 1. The largest absolute Gasteiger partial charge is 0.310 e. The van der Waals surface area contributed by atoms with Gasteiger partial charge in [-0.3, -0.25) is 4.68 Å². The fourth-order valence-electron chi connectivity index (χ4n) is 2.73. The van der Waals surface area contributed by atoms with Crippen LogP contribution in [0.3, 0.4) is 0 Å². The Morgan fingerprint density at radius 2 is 2.10 bits per heavy atom. The molecule has 1 atom stereocenters. The number of halogens is 2. The minimum atomic E-state index is -0.202. The summed E-state index contributed by atoms with van der Waals surface area (Å²) >= 11 is 3.39. The Morgan fingerprint density at radius 3 is 2.76 bits per heavy atom. The van der Waals surface area contributed by atoms with E-state index in [0.29, 0.717) is 12.1 Å². The van der Waals surface area contributed by atoms with Crippen LogP contribution in [0.2, 0.25) is 0 Å². The van der Waals surface area contributed by atoms with Crippen LogP contribution in [-0.2, 0) is 6.54 Å². The maximum absolute atomic E-state index is 13.9. The summed E-state index contributed by atoms with van der Waals surface area (Å²) in [5.74, 6) is -0.202. The molecule has 0 spiro atoms. The normalized spacial score (nSPS) is 12.7. The van der Waals surface area contributed by atoms with Gasteiger partial charge < -0.3 is 5.32 Å². The van der Waals surface area contributed by atoms with Crippen LogP contribution in [0.1, 0.15) is 42.4 Å². The van der Waals surface area contributed by atoms with Crippen molar-refractivity contribution in [2.45, 2.75) is 40.3 Å². The van der Waals surface area contributed by atoms with Crippen molar-refractivity contribution in [2.75, 3.05) is 6.54 Å². The van der Waals surface area contributed by atoms with Gasteiger partial charge >= 0.3 is 0 Å². The maximum Gasteiger partial charge on any atom is 0.128 e. The molecule has 5 heteroatoms. The van der Waals surface area contributed by atoms with Crippen molar-refractivity contribution in [3.05, 3.63) is 51.0 Å². The summed E-state index contributed by atoms with van der Waals surface area (Å²) in [5.41, 5.74) is 3.92. The fraction of sp³-hybridized carbons (Fsp3) is 0.438. The molecule has 0 saturated carbocycles. The molecule has 1 unspecified atom stereocenters. The first-order chi connectivity index (χ1) is 9.93. The van der Waals surface area contributed by atoms with E-state index in [9.17, 15) is 4.39 Å². The quantitative estimate of drug-likeness (QED) is 0.875. The molecule has 0 amide bonds. The van der Waals surface area contributed by atoms with Crippen LogP contribution in [0.25, 0.3) is 0 Å². The van der Waals surface area contributed by atoms with Gasteiger partial charge in [0.1, 0.15) is 5.82 Å². The van der Waals surface area contributed by atoms with E-state index in [1.807, 2.05) is 18.5 Å². The van der Waals surface area contributed by atoms with Crippen LogP contribution in [0.5, 0.6) is 0 Å². The molecule has 2 aromatic rings. The van der Waals surface area contributed by atoms with Gasteiger partial charge in [0, 0.05) is 27.3 Å². The third kappa shape index (κ3) is 3.52. The van der Waals surface area contributed by atoms with E-state index in [1.54, 1.807) is 12.1 Å². The van der Waals surface area contributed by atoms with Crippen LogP contribution >= 0.6 is 15.9 Å². The maximum atomic E-state index is 13.9. The van der Waals surface area contributed by atoms with Crippen molar-refractivity contribution in [1.82, 2.24) is 15.1 Å². The molecule has 1 N–H and O–H groups in total. The zero-order valence-electron chi connectivity index (χ0n) is 12.9. The van der Waals surface area contributed by atoms with E-state index in [-0.39, 0.29) is 11.9 Å². The first-order valence-electron chi connectivity index (χ1n) is 7.15. The summed E-state index contributed by atoms with van der Waals surface area (Å²) in [7, 11) is 0. The summed E-state index contributed by atoms with van der Waals surface area (Å²) in [6, 6.07) is 5.24. The highest BCUT2D eigenvalue weighted by Crippen LogP contribution is 2.23. The predicted octanol–water partition coefficient (Wildman–Crippen LogP) is 4.12. The number of benzene rings is 1. The fourth-order valence-corrected chi connectivity index (χ4v) is 3.13. The summed E-state index contributed by atoms with van der Waals surface area (Å²) in [6.07, 6.45) is 0. The van der Waals surface area contributed by atoms with Crippen molar-refractivity contribution in [3.63, 3.8) is 0 Å². The average Bonchev–Trinajstić information content (AvgIpc) is 2.69. The lowest BCUT2D eigenvalue weighted by Gasteiger charge is -2.13. The Bertz CT molecular complexity index is 637. The third-order valence-electron chi connectivity index (χ3n) is 3.71. The molecule has 21 heavy (non-hydrogen) atoms. The molecule has 1 heterocycles. The molecule has 0 aliphatic rings. The number of nitrogens with zero attached hydrogens (tertiary/aromatic N) is 2. The average molecular weight is 354 g/mol. The zero-order chi connectivity index (χ0) is 15.6. The van der Waals surface area contributed by atoms with Crippen molar-refractivity contribution in [2.24, 2.45) is 0 Å². The third-order valence-corrected chi connectivity index (χ3v) is 4.20. The van der Waals surface area contributed by atoms with E-state index >= 15 is 0 Å². The Balaban J connectivity index is 2.33. The van der Waals surface area contributed by atoms with Gasteiger partial charge in [0.2, 0.25) is 0 Å². The van der Waals surface area contributed by atoms with Gasteiger partial charge in [-0.2, -0.15) is 5.10 Å². The van der Waals surface area contributed by atoms with Crippen molar-refractivity contribution < 1.29 is 4.39 Å². The van der Waals surface area contributed by atoms with Gasteiger partial charge in [0.25, 0.3) is 0 Å². The van der Waals surface area contributed by atoms with Crippen LogP contribution in [-0.4, -0.2) is 16.3 Å². The van der Waals surface area contributed by atoms with Crippen LogP contribution in [0.15, 0.2) is 22.7 Å². The van der Waals surface area contributed by atoms with Gasteiger partial charge in [0.05, 0.1) is 12.2 Å². The Morgan fingerprint density at radius 1 is 1.38 bits per heavy atom. The van der Waals surface area contributed by atoms with Crippen molar-refractivity contribution in [1.29, 1.82) is 0 Å². The van der Waals surface area contributed by atoms with Crippen molar-refractivity contribution in [3.8, 4) is 0 Å². The molecule has 1 aromatic heterocycles. The van der Waals surface area contributed by atoms with E-state index in [2.05, 4.69) is 40.2 Å². The van der Waals surface area contributed by atoms with E-state index < -0.39 is 0 Å². The first kappa shape index (κ1) is 16.2. The smallest absolute Gasteiger partial charge is 0.128 e. The second-order valence-electron chi connectivity index (χ2n) is 5.26. The monoisotopic (exact) mass is 353 g/mol. The Labute approximate surface area is 133 Å². The second-order valence-corrected chi connectivity index (χ2v) is 6.17. The molecule has 0 aliphatic carbocycles. The van der Waals surface area contributed by atoms with E-state index in [1.165, 1.54) is 11.6 Å². The minimum Gasteiger partial charge on any atom is -0.310 e. The molecular formula is C16H21BrFN3. The molecule has 3 nitrogen and oxygen atoms in total. The lowest BCUT2D eigenvalue weighted by atomic mass is 10.1. The minimum absolute atomic E-state index is 0.202. The van der Waals surface area contributed by atoms with Crippen LogP contribution in [0.4, 0.5) is 4.39 Å². The molecule has 114 valence electrons. The molecule has 0 bridgehead atoms. The summed E-state index contributed by atoms with van der Waals surface area (Å²) in [6.45, 7) is 9.61. The SMILES string of the molecule is CCNC(C)c1c(C)nn(Cc2cc(Br)ccc2F)c1C. The van der Waals surface area contributed by atoms with Crippen LogP contribution in [0, 0.1) is 19.7 Å². The Hall–Kier alpha value is -1.20. The summed E-state index contributed by atoms with van der Waals surface area (Å²) in [5, 5.41) is 7.98. The lowest BCUT2D eigenvalue weighted by molar-refractivity contribution is 0.573. The molecule has 1 aromatic carbocycles. The van der Waals surface area contributed by atoms with Gasteiger partial charge in [-0.25, -0.2) is 4.39 Å². The highest BCUT2D eigenvalue weighted by molar-refractivity contribution is 9.10. The molecule has 2 rings (SSSR count). The van der Waals surface area contributed by atoms with Gasteiger partial charge in [0.15, 0.2) is 0 Å². The number of rotatable bonds is 5. The Kier molecular flexibility index (Phi) is 5.17. The summed E-state index contributed by atoms with van der Waals surface area (Å²) in [4.78, 5) is 0. The van der Waals surface area contributed by atoms with E-state index in [0.717, 1.165) is 22.4 Å². The second kappa shape index (κ2) is 6.71. The first-order valence-corrected chi connectivity index (χ1v) is 7.94. The summed E-state index contributed by atoms with van der Waals surface area (Å²) < 4.78 is 16.7. The number of aromatic nitrogens is 2. The van der Waals surface area contributed by atoms with Gasteiger partial charge in [-0.05, 0) is 45.5 Å². The van der Waals surface area contributed by atoms with Crippen molar-refractivity contribution >= 4 is 15.9 Å². The van der Waals surface area contributed by atoms with Gasteiger partial charge in [-0.15, -0.1) is 0 Å². The molecule has 0 saturated heterocycles. The highest BCUT2D eigenvalue weighted by atomic mass is 79.9. The topological polar surface area (TPSA) is 29.9 Å². The van der Waals surface area contributed by atoms with Crippen LogP contribution < -0.4 is 5.32 Å². The number of nitrogens with one attached hydrogen (secondary N) is 1.